The third-order valence-corrected chi connectivity index (χ3v) is 10.2. The van der Waals surface area contributed by atoms with Gasteiger partial charge in [0.05, 0.1) is 29.5 Å². The summed E-state index contributed by atoms with van der Waals surface area (Å²) in [5.41, 5.74) is 4.24. The minimum Gasteiger partial charge on any atom is -0.488 e. The Morgan fingerprint density at radius 1 is 0.883 bits per heavy atom. The summed E-state index contributed by atoms with van der Waals surface area (Å²) < 4.78 is 8.06. The molecule has 16 nitrogen and oxygen atoms in total. The second kappa shape index (κ2) is 17.8. The molecule has 0 spiro atoms. The van der Waals surface area contributed by atoms with E-state index in [9.17, 15) is 19.5 Å². The molecule has 16 heteroatoms. The highest BCUT2D eigenvalue weighted by atomic mass is 16.5. The van der Waals surface area contributed by atoms with Gasteiger partial charge in [-0.1, -0.05) is 62.7 Å². The molecule has 0 saturated carbocycles. The lowest BCUT2D eigenvalue weighted by Crippen LogP contribution is -2.54. The number of carbonyl (C=O) groups is 3. The molecule has 4 heterocycles. The van der Waals surface area contributed by atoms with Crippen molar-refractivity contribution in [2.24, 2.45) is 0 Å². The van der Waals surface area contributed by atoms with Crippen LogP contribution in [0.3, 0.4) is 0 Å². The molecular weight excluding hydrogens is 763 g/mol. The number of carbonyl (C=O) groups excluding carboxylic acids is 2. The predicted molar refractivity (Wildman–Crippen MR) is 230 cm³/mol. The van der Waals surface area contributed by atoms with Crippen LogP contribution in [0.1, 0.15) is 55.0 Å². The van der Waals surface area contributed by atoms with E-state index in [1.54, 1.807) is 10.9 Å². The Morgan fingerprint density at radius 2 is 1.67 bits per heavy atom. The Balaban J connectivity index is 0.943. The number of hydrogen-bond acceptors (Lipinski definition) is 10. The highest BCUT2D eigenvalue weighted by Gasteiger charge is 2.27. The van der Waals surface area contributed by atoms with Gasteiger partial charge in [-0.2, -0.15) is 5.10 Å². The zero-order valence-electron chi connectivity index (χ0n) is 34.3. The average Bonchev–Trinajstić information content (AvgIpc) is 3.65. The van der Waals surface area contributed by atoms with E-state index in [-0.39, 0.29) is 29.7 Å². The van der Waals surface area contributed by atoms with E-state index in [1.807, 2.05) is 92.7 Å². The van der Waals surface area contributed by atoms with Crippen LogP contribution >= 0.6 is 0 Å². The van der Waals surface area contributed by atoms with Crippen molar-refractivity contribution in [2.45, 2.75) is 52.7 Å². The Morgan fingerprint density at radius 3 is 2.38 bits per heavy atom. The lowest BCUT2D eigenvalue weighted by molar-refractivity contribution is 0.0737. The molecule has 6 aromatic rings. The molecule has 1 unspecified atom stereocenters. The van der Waals surface area contributed by atoms with Gasteiger partial charge in [0.1, 0.15) is 35.5 Å². The number of anilines is 4. The normalized spacial score (nSPS) is 14.4. The van der Waals surface area contributed by atoms with Crippen molar-refractivity contribution in [3.8, 4) is 11.4 Å². The number of aryl methyl sites for hydroxylation is 1. The first-order valence-electron chi connectivity index (χ1n) is 19.7. The summed E-state index contributed by atoms with van der Waals surface area (Å²) >= 11 is 0. The van der Waals surface area contributed by atoms with Gasteiger partial charge in [0, 0.05) is 67.2 Å². The summed E-state index contributed by atoms with van der Waals surface area (Å²) in [5.74, 6) is 1.78. The third-order valence-electron chi connectivity index (χ3n) is 10.2. The molecule has 7 rings (SSSR count). The number of pyridine rings is 1. The van der Waals surface area contributed by atoms with Gasteiger partial charge in [0.25, 0.3) is 5.91 Å². The molecule has 4 amide bonds. The zero-order valence-corrected chi connectivity index (χ0v) is 34.3. The minimum absolute atomic E-state index is 0.110. The van der Waals surface area contributed by atoms with Crippen molar-refractivity contribution in [3.63, 3.8) is 0 Å². The summed E-state index contributed by atoms with van der Waals surface area (Å²) in [6.07, 6.45) is 3.62. The number of amides is 4. The summed E-state index contributed by atoms with van der Waals surface area (Å²) in [4.78, 5) is 54.1. The van der Waals surface area contributed by atoms with Crippen LogP contribution in [0.25, 0.3) is 16.5 Å². The number of fused-ring (bicyclic) bond motifs is 1. The maximum absolute atomic E-state index is 13.5. The Kier molecular flexibility index (Phi) is 12.2. The first kappa shape index (κ1) is 41.1. The SMILES string of the molecule is Cc1ccc(-n2nc(C(C)(C)C)cc2NC(=O)Nc2ccc(OCc3ccnc(Nc4cnc(C(=O)NCCN5CCN(C(=O)O)C(C)C5)cn4)c3)c3ccccc23)cc1. The van der Waals surface area contributed by atoms with E-state index < -0.39 is 12.1 Å². The quantitative estimate of drug-likeness (QED) is 0.0840. The molecule has 1 aliphatic rings. The number of benzene rings is 3. The zero-order chi connectivity index (χ0) is 42.4. The van der Waals surface area contributed by atoms with Crippen molar-refractivity contribution in [1.29, 1.82) is 0 Å². The molecular formula is C44H49N11O5. The van der Waals surface area contributed by atoms with E-state index in [4.69, 9.17) is 9.84 Å². The smallest absolute Gasteiger partial charge is 0.407 e. The fourth-order valence-electron chi connectivity index (χ4n) is 6.87. The second-order valence-corrected chi connectivity index (χ2v) is 15.8. The van der Waals surface area contributed by atoms with Gasteiger partial charge in [0.15, 0.2) is 0 Å². The van der Waals surface area contributed by atoms with Crippen LogP contribution in [-0.4, -0.2) is 96.4 Å². The summed E-state index contributed by atoms with van der Waals surface area (Å²) in [6, 6.07) is 24.4. The maximum Gasteiger partial charge on any atom is 0.407 e. The molecule has 1 atom stereocenters. The lowest BCUT2D eigenvalue weighted by Gasteiger charge is -2.38. The molecule has 1 aliphatic heterocycles. The second-order valence-electron chi connectivity index (χ2n) is 15.8. The fraction of sp³-hybridized carbons (Fsp3) is 0.295. The van der Waals surface area contributed by atoms with Crippen LogP contribution in [0.4, 0.5) is 32.7 Å². The van der Waals surface area contributed by atoms with Gasteiger partial charge in [-0.3, -0.25) is 15.0 Å². The standard InChI is InChI=1S/C44H49N11O5/c1-28-10-12-31(13-11-28)55-40(23-37(52-55)44(3,4)5)51-42(57)49-34-14-15-36(33-9-7-6-8-32(33)34)60-27-30-16-17-45-38(22-30)50-39-25-47-35(24-48-39)41(56)46-18-19-53-20-21-54(43(58)59)29(2)26-53/h6-17,22-25,29H,18-21,26-27H2,1-5H3,(H,46,56)(H,58,59)(H,45,48,50)(H2,49,51,57). The third kappa shape index (κ3) is 9.96. The molecule has 310 valence electrons. The van der Waals surface area contributed by atoms with Crippen LogP contribution < -0.4 is 26.0 Å². The van der Waals surface area contributed by atoms with Crippen molar-refractivity contribution in [3.05, 3.63) is 120 Å². The number of nitrogens with zero attached hydrogens (tertiary/aromatic N) is 7. The van der Waals surface area contributed by atoms with Gasteiger partial charge in [-0.05, 0) is 55.8 Å². The number of ether oxygens (including phenoxy) is 1. The van der Waals surface area contributed by atoms with Crippen LogP contribution in [0.5, 0.6) is 5.75 Å². The van der Waals surface area contributed by atoms with Gasteiger partial charge < -0.3 is 30.7 Å². The van der Waals surface area contributed by atoms with Crippen LogP contribution in [-0.2, 0) is 12.0 Å². The highest BCUT2D eigenvalue weighted by Crippen LogP contribution is 2.33. The van der Waals surface area contributed by atoms with E-state index in [0.29, 0.717) is 61.6 Å². The van der Waals surface area contributed by atoms with E-state index in [2.05, 4.69) is 61.9 Å². The number of nitrogens with one attached hydrogen (secondary N) is 4. The number of rotatable bonds is 12. The molecule has 0 bridgehead atoms. The first-order valence-corrected chi connectivity index (χ1v) is 19.7. The molecule has 3 aromatic heterocycles. The molecule has 5 N–H and O–H groups in total. The van der Waals surface area contributed by atoms with Crippen molar-refractivity contribution in [2.75, 3.05) is 48.7 Å². The number of hydrogen-bond donors (Lipinski definition) is 5. The highest BCUT2D eigenvalue weighted by molar-refractivity contribution is 6.07. The largest absolute Gasteiger partial charge is 0.488 e. The minimum atomic E-state index is -0.912. The molecule has 0 aliphatic carbocycles. The molecule has 1 saturated heterocycles. The van der Waals surface area contributed by atoms with Gasteiger partial charge in [-0.15, -0.1) is 0 Å². The van der Waals surface area contributed by atoms with E-state index >= 15 is 0 Å². The molecule has 60 heavy (non-hydrogen) atoms. The number of piperazine rings is 1. The van der Waals surface area contributed by atoms with E-state index in [0.717, 1.165) is 33.3 Å². The van der Waals surface area contributed by atoms with Gasteiger partial charge >= 0.3 is 12.1 Å². The van der Waals surface area contributed by atoms with Crippen molar-refractivity contribution >= 4 is 51.9 Å². The Labute approximate surface area is 348 Å². The van der Waals surface area contributed by atoms with Crippen molar-refractivity contribution in [1.82, 2.24) is 39.8 Å². The predicted octanol–water partition coefficient (Wildman–Crippen LogP) is 7.20. The summed E-state index contributed by atoms with van der Waals surface area (Å²) in [6.45, 7) is 13.1. The molecule has 1 fully saturated rings. The van der Waals surface area contributed by atoms with E-state index in [1.165, 1.54) is 17.3 Å². The van der Waals surface area contributed by atoms with Crippen LogP contribution in [0.2, 0.25) is 0 Å². The van der Waals surface area contributed by atoms with Crippen molar-refractivity contribution < 1.29 is 24.2 Å². The molecule has 3 aromatic carbocycles. The Hall–Kier alpha value is -7.07. The number of urea groups is 1. The Bertz CT molecular complexity index is 2480. The van der Waals surface area contributed by atoms with Gasteiger partial charge in [-0.25, -0.2) is 29.2 Å². The lowest BCUT2D eigenvalue weighted by atomic mass is 9.92. The average molecular weight is 812 g/mol. The summed E-state index contributed by atoms with van der Waals surface area (Å²) in [7, 11) is 0. The topological polar surface area (TPSA) is 192 Å². The monoisotopic (exact) mass is 811 g/mol. The fourth-order valence-corrected chi connectivity index (χ4v) is 6.87. The first-order chi connectivity index (χ1) is 28.8. The van der Waals surface area contributed by atoms with Crippen LogP contribution in [0.15, 0.2) is 97.5 Å². The van der Waals surface area contributed by atoms with Crippen LogP contribution in [0, 0.1) is 6.92 Å². The van der Waals surface area contributed by atoms with Gasteiger partial charge in [0.2, 0.25) is 0 Å². The number of carboxylic acid groups (broad SMARTS) is 1. The summed E-state index contributed by atoms with van der Waals surface area (Å²) in [5, 5.41) is 27.8. The number of aromatic nitrogens is 5. The maximum atomic E-state index is 13.5. The molecule has 0 radical (unpaired) electrons.